The van der Waals surface area contributed by atoms with Crippen molar-refractivity contribution in [3.63, 3.8) is 0 Å². The van der Waals surface area contributed by atoms with Crippen LogP contribution in [0.25, 0.3) is 0 Å². The maximum atomic E-state index is 13.1. The molecule has 1 atom stereocenters. The number of rotatable bonds is 5. The molecule has 0 spiro atoms. The molecule has 0 radical (unpaired) electrons. The Hall–Kier alpha value is -3.48. The minimum Gasteiger partial charge on any atom is -0.378 e. The highest BCUT2D eigenvalue weighted by Crippen LogP contribution is 2.27. The van der Waals surface area contributed by atoms with Crippen LogP contribution in [-0.4, -0.2) is 48.0 Å². The Balaban J connectivity index is 1.45. The fourth-order valence-corrected chi connectivity index (χ4v) is 3.81. The molecule has 6 nitrogen and oxygen atoms in total. The number of likely N-dealkylation sites (tertiary alicyclic amines) is 1. The molecular formula is C24H26FN5O. The number of benzene rings is 2. The molecule has 2 heterocycles. The van der Waals surface area contributed by atoms with E-state index in [1.54, 1.807) is 18.3 Å². The molecule has 1 aromatic heterocycles. The smallest absolute Gasteiger partial charge is 0.253 e. The average molecular weight is 420 g/mol. The third-order valence-corrected chi connectivity index (χ3v) is 5.54. The summed E-state index contributed by atoms with van der Waals surface area (Å²) in [5.41, 5.74) is 3.39. The van der Waals surface area contributed by atoms with E-state index in [2.05, 4.69) is 15.3 Å². The number of nitrogens with one attached hydrogen (secondary N) is 1. The number of hydrogen-bond donors (Lipinski definition) is 1. The highest BCUT2D eigenvalue weighted by Gasteiger charge is 2.26. The van der Waals surface area contributed by atoms with Crippen molar-refractivity contribution in [2.75, 3.05) is 37.4 Å². The van der Waals surface area contributed by atoms with Crippen molar-refractivity contribution in [3.05, 3.63) is 77.9 Å². The molecule has 1 amide bonds. The van der Waals surface area contributed by atoms with E-state index in [4.69, 9.17) is 0 Å². The van der Waals surface area contributed by atoms with Crippen LogP contribution in [0.15, 0.2) is 60.8 Å². The average Bonchev–Trinajstić information content (AvgIpc) is 2.80. The zero-order valence-corrected chi connectivity index (χ0v) is 17.8. The van der Waals surface area contributed by atoms with Crippen LogP contribution in [0.5, 0.6) is 0 Å². The first kappa shape index (κ1) is 20.8. The first-order valence-electron chi connectivity index (χ1n) is 10.4. The third-order valence-electron chi connectivity index (χ3n) is 5.54. The minimum atomic E-state index is -0.288. The van der Waals surface area contributed by atoms with Crippen LogP contribution in [0.1, 0.15) is 34.8 Å². The number of amides is 1. The maximum Gasteiger partial charge on any atom is 0.253 e. The summed E-state index contributed by atoms with van der Waals surface area (Å²) in [5, 5.41) is 3.11. The maximum absolute atomic E-state index is 13.1. The van der Waals surface area contributed by atoms with Crippen molar-refractivity contribution in [2.24, 2.45) is 0 Å². The van der Waals surface area contributed by atoms with Crippen LogP contribution in [0.2, 0.25) is 0 Å². The van der Waals surface area contributed by atoms with Gasteiger partial charge in [0.1, 0.15) is 5.82 Å². The summed E-state index contributed by atoms with van der Waals surface area (Å²) < 4.78 is 13.1. The lowest BCUT2D eigenvalue weighted by Gasteiger charge is -2.32. The number of hydrogen-bond acceptors (Lipinski definition) is 5. The number of anilines is 3. The fraction of sp³-hybridized carbons (Fsp3) is 0.292. The Morgan fingerprint density at radius 2 is 1.84 bits per heavy atom. The van der Waals surface area contributed by atoms with Crippen LogP contribution in [-0.2, 0) is 0 Å². The van der Waals surface area contributed by atoms with Gasteiger partial charge < -0.3 is 15.1 Å². The lowest BCUT2D eigenvalue weighted by atomic mass is 9.94. The molecule has 1 aliphatic rings. The first-order valence-corrected chi connectivity index (χ1v) is 10.4. The van der Waals surface area contributed by atoms with Crippen LogP contribution in [0, 0.1) is 5.82 Å². The summed E-state index contributed by atoms with van der Waals surface area (Å²) in [5.74, 6) is 0.375. The van der Waals surface area contributed by atoms with Crippen LogP contribution >= 0.6 is 0 Å². The van der Waals surface area contributed by atoms with Crippen LogP contribution < -0.4 is 10.2 Å². The zero-order chi connectivity index (χ0) is 21.8. The quantitative estimate of drug-likeness (QED) is 0.662. The molecular weight excluding hydrogens is 393 g/mol. The molecule has 1 fully saturated rings. The normalized spacial score (nSPS) is 16.1. The number of carbonyl (C=O) groups excluding carboxylic acids is 1. The van der Waals surface area contributed by atoms with Gasteiger partial charge in [-0.05, 0) is 67.4 Å². The van der Waals surface area contributed by atoms with E-state index in [0.29, 0.717) is 18.1 Å². The van der Waals surface area contributed by atoms with Gasteiger partial charge in [0, 0.05) is 56.2 Å². The second-order valence-electron chi connectivity index (χ2n) is 7.97. The van der Waals surface area contributed by atoms with Crippen LogP contribution in [0.4, 0.5) is 21.7 Å². The first-order chi connectivity index (χ1) is 15.0. The molecule has 3 aromatic rings. The summed E-state index contributed by atoms with van der Waals surface area (Å²) in [6.07, 6.45) is 3.61. The largest absolute Gasteiger partial charge is 0.378 e. The van der Waals surface area contributed by atoms with Gasteiger partial charge >= 0.3 is 0 Å². The molecule has 1 unspecified atom stereocenters. The molecule has 0 bridgehead atoms. The van der Waals surface area contributed by atoms with E-state index in [1.807, 2.05) is 54.2 Å². The SMILES string of the molecule is CN(C)c1ccc(C(=O)N2CCCC(c3ccnc(Nc4ccc(F)cc4)n3)C2)cc1. The number of aromatic nitrogens is 2. The summed E-state index contributed by atoms with van der Waals surface area (Å²) in [6, 6.07) is 15.7. The second kappa shape index (κ2) is 9.12. The van der Waals surface area contributed by atoms with Crippen LogP contribution in [0.3, 0.4) is 0 Å². The third kappa shape index (κ3) is 4.99. The lowest BCUT2D eigenvalue weighted by molar-refractivity contribution is 0.0706. The lowest BCUT2D eigenvalue weighted by Crippen LogP contribution is -2.39. The molecule has 1 aliphatic heterocycles. The van der Waals surface area contributed by atoms with Crippen molar-refractivity contribution in [3.8, 4) is 0 Å². The Morgan fingerprint density at radius 3 is 2.55 bits per heavy atom. The molecule has 31 heavy (non-hydrogen) atoms. The zero-order valence-electron chi connectivity index (χ0n) is 17.8. The highest BCUT2D eigenvalue weighted by atomic mass is 19.1. The van der Waals surface area contributed by atoms with E-state index < -0.39 is 0 Å². The van der Waals surface area contributed by atoms with E-state index >= 15 is 0 Å². The molecule has 1 saturated heterocycles. The van der Waals surface area contributed by atoms with E-state index in [0.717, 1.165) is 36.5 Å². The Labute approximate surface area is 181 Å². The summed E-state index contributed by atoms with van der Waals surface area (Å²) in [4.78, 5) is 25.9. The molecule has 0 saturated carbocycles. The van der Waals surface area contributed by atoms with Gasteiger partial charge in [-0.2, -0.15) is 0 Å². The van der Waals surface area contributed by atoms with Crippen molar-refractivity contribution in [1.82, 2.24) is 14.9 Å². The number of nitrogens with zero attached hydrogens (tertiary/aromatic N) is 4. The molecule has 0 aliphatic carbocycles. The van der Waals surface area contributed by atoms with Gasteiger partial charge in [-0.3, -0.25) is 4.79 Å². The van der Waals surface area contributed by atoms with Gasteiger partial charge in [0.2, 0.25) is 5.95 Å². The topological polar surface area (TPSA) is 61.4 Å². The number of halogens is 1. The molecule has 2 aromatic carbocycles. The van der Waals surface area contributed by atoms with Crippen molar-refractivity contribution >= 4 is 23.2 Å². The highest BCUT2D eigenvalue weighted by molar-refractivity contribution is 5.94. The van der Waals surface area contributed by atoms with E-state index in [1.165, 1.54) is 12.1 Å². The fourth-order valence-electron chi connectivity index (χ4n) is 3.81. The Kier molecular flexibility index (Phi) is 6.11. The summed E-state index contributed by atoms with van der Waals surface area (Å²) in [6.45, 7) is 1.37. The Morgan fingerprint density at radius 1 is 1.10 bits per heavy atom. The van der Waals surface area contributed by atoms with Gasteiger partial charge in [-0.15, -0.1) is 0 Å². The summed E-state index contributed by atoms with van der Waals surface area (Å²) >= 11 is 0. The molecule has 160 valence electrons. The van der Waals surface area contributed by atoms with Gasteiger partial charge in [-0.25, -0.2) is 14.4 Å². The van der Waals surface area contributed by atoms with Crippen molar-refractivity contribution in [1.29, 1.82) is 0 Å². The predicted molar refractivity (Wildman–Crippen MR) is 120 cm³/mol. The molecule has 1 N–H and O–H groups in total. The van der Waals surface area contributed by atoms with E-state index in [9.17, 15) is 9.18 Å². The predicted octanol–water partition coefficient (Wildman–Crippen LogP) is 4.45. The monoisotopic (exact) mass is 419 g/mol. The number of piperidine rings is 1. The summed E-state index contributed by atoms with van der Waals surface area (Å²) in [7, 11) is 3.96. The van der Waals surface area contributed by atoms with Gasteiger partial charge in [0.25, 0.3) is 5.91 Å². The molecule has 4 rings (SSSR count). The van der Waals surface area contributed by atoms with Crippen molar-refractivity contribution < 1.29 is 9.18 Å². The van der Waals surface area contributed by atoms with Crippen molar-refractivity contribution in [2.45, 2.75) is 18.8 Å². The molecule has 7 heteroatoms. The number of carbonyl (C=O) groups is 1. The second-order valence-corrected chi connectivity index (χ2v) is 7.97. The van der Waals surface area contributed by atoms with Gasteiger partial charge in [0.05, 0.1) is 5.69 Å². The minimum absolute atomic E-state index is 0.0497. The van der Waals surface area contributed by atoms with Gasteiger partial charge in [-0.1, -0.05) is 0 Å². The van der Waals surface area contributed by atoms with Gasteiger partial charge in [0.15, 0.2) is 0 Å². The van der Waals surface area contributed by atoms with E-state index in [-0.39, 0.29) is 17.6 Å². The Bertz CT molecular complexity index is 1040. The standard InChI is InChI=1S/C24H26FN5O/c1-29(2)21-11-5-17(6-12-21)23(31)30-15-3-4-18(16-30)22-13-14-26-24(28-22)27-20-9-7-19(25)8-10-20/h5-14,18H,3-4,15-16H2,1-2H3,(H,26,27,28).